The van der Waals surface area contributed by atoms with E-state index in [4.69, 9.17) is 4.74 Å². The molecule has 1 saturated heterocycles. The third-order valence-corrected chi connectivity index (χ3v) is 7.42. The molecule has 1 aliphatic heterocycles. The Balaban J connectivity index is 1.32. The highest BCUT2D eigenvalue weighted by atomic mass is 16.6. The number of aromatic nitrogens is 2. The van der Waals surface area contributed by atoms with E-state index in [0.717, 1.165) is 32.4 Å². The van der Waals surface area contributed by atoms with Gasteiger partial charge in [-0.05, 0) is 56.3 Å². The minimum atomic E-state index is -0.471. The molecular weight excluding hydrogens is 374 g/mol. The number of hydrogen-bond donors (Lipinski definition) is 1. The molecule has 4 saturated carbocycles. The third-order valence-electron chi connectivity index (χ3n) is 7.42. The molecule has 158 valence electrons. The molecule has 4 bridgehead atoms. The van der Waals surface area contributed by atoms with Crippen molar-refractivity contribution in [2.45, 2.75) is 44.1 Å². The fourth-order valence-corrected chi connectivity index (χ4v) is 6.48. The van der Waals surface area contributed by atoms with Crippen molar-refractivity contribution < 1.29 is 14.5 Å². The lowest BCUT2D eigenvalue weighted by Crippen LogP contribution is -2.52. The van der Waals surface area contributed by atoms with Gasteiger partial charge < -0.3 is 10.1 Å². The van der Waals surface area contributed by atoms with Crippen molar-refractivity contribution in [3.8, 4) is 0 Å². The van der Waals surface area contributed by atoms with Crippen LogP contribution in [-0.4, -0.2) is 64.9 Å². The number of ether oxygens (including phenoxy) is 1. The molecule has 6 rings (SSSR count). The molecule has 1 aromatic rings. The maximum absolute atomic E-state index is 12.7. The van der Waals surface area contributed by atoms with Gasteiger partial charge in [-0.25, -0.2) is 0 Å². The first-order chi connectivity index (χ1) is 14.0. The lowest BCUT2D eigenvalue weighted by Gasteiger charge is -2.56. The number of morpholine rings is 1. The fourth-order valence-electron chi connectivity index (χ4n) is 6.48. The zero-order valence-electron chi connectivity index (χ0n) is 16.7. The summed E-state index contributed by atoms with van der Waals surface area (Å²) in [6.45, 7) is 4.25. The van der Waals surface area contributed by atoms with Gasteiger partial charge >= 0.3 is 5.69 Å². The van der Waals surface area contributed by atoms with Crippen LogP contribution in [0, 0.1) is 27.9 Å². The van der Waals surface area contributed by atoms with Crippen LogP contribution in [0.25, 0.3) is 0 Å². The van der Waals surface area contributed by atoms with Gasteiger partial charge in [0, 0.05) is 26.2 Å². The van der Waals surface area contributed by atoms with Gasteiger partial charge in [-0.15, -0.1) is 0 Å². The molecule has 0 aromatic carbocycles. The van der Waals surface area contributed by atoms with Crippen molar-refractivity contribution in [3.63, 3.8) is 0 Å². The molecule has 29 heavy (non-hydrogen) atoms. The molecular formula is C20H29N5O4. The number of nitro groups is 1. The van der Waals surface area contributed by atoms with Crippen LogP contribution in [0.5, 0.6) is 0 Å². The second-order valence-electron chi connectivity index (χ2n) is 9.42. The predicted octanol–water partition coefficient (Wildman–Crippen LogP) is 1.78. The van der Waals surface area contributed by atoms with Crippen molar-refractivity contribution in [3.05, 3.63) is 22.0 Å². The maximum Gasteiger partial charge on any atom is 0.320 e. The Kier molecular flexibility index (Phi) is 4.82. The van der Waals surface area contributed by atoms with Gasteiger partial charge in [0.05, 0.1) is 23.7 Å². The third kappa shape index (κ3) is 3.54. The molecule has 0 atom stereocenters. The minimum Gasteiger partial charge on any atom is -0.379 e. The van der Waals surface area contributed by atoms with Crippen LogP contribution in [0.4, 0.5) is 5.69 Å². The summed E-state index contributed by atoms with van der Waals surface area (Å²) in [6.07, 6.45) is 8.50. The minimum absolute atomic E-state index is 0.0484. The summed E-state index contributed by atoms with van der Waals surface area (Å²) >= 11 is 0. The molecule has 9 nitrogen and oxygen atoms in total. The Morgan fingerprint density at radius 1 is 1.21 bits per heavy atom. The zero-order valence-corrected chi connectivity index (χ0v) is 16.7. The Labute approximate surface area is 169 Å². The molecule has 5 fully saturated rings. The number of carbonyl (C=O) groups is 1. The standard InChI is InChI=1S/C20H29N5O4/c26-19(21-1-2-23-3-5-29-6-4-23)18-17(25(27)28)13-24(22-18)20-10-14-7-15(11-20)9-16(8-14)12-20/h13-16H,1-12H2,(H,21,26). The van der Waals surface area contributed by atoms with E-state index in [0.29, 0.717) is 44.1 Å². The Morgan fingerprint density at radius 3 is 2.41 bits per heavy atom. The van der Waals surface area contributed by atoms with E-state index in [1.165, 1.54) is 25.5 Å². The molecule has 1 aromatic heterocycles. The van der Waals surface area contributed by atoms with E-state index in [1.807, 2.05) is 0 Å². The molecule has 0 radical (unpaired) electrons. The zero-order chi connectivity index (χ0) is 20.0. The fraction of sp³-hybridized carbons (Fsp3) is 0.800. The van der Waals surface area contributed by atoms with Crippen molar-refractivity contribution >= 4 is 11.6 Å². The summed E-state index contributed by atoms with van der Waals surface area (Å²) in [5, 5.41) is 19.0. The molecule has 5 aliphatic rings. The largest absolute Gasteiger partial charge is 0.379 e. The Hall–Kier alpha value is -2.00. The van der Waals surface area contributed by atoms with E-state index in [9.17, 15) is 14.9 Å². The van der Waals surface area contributed by atoms with Crippen LogP contribution >= 0.6 is 0 Å². The van der Waals surface area contributed by atoms with Crippen LogP contribution in [0.1, 0.15) is 49.0 Å². The summed E-state index contributed by atoms with van der Waals surface area (Å²) < 4.78 is 7.12. The molecule has 1 amide bonds. The highest BCUT2D eigenvalue weighted by Gasteiger charge is 2.53. The van der Waals surface area contributed by atoms with Gasteiger partial charge in [-0.2, -0.15) is 5.10 Å². The SMILES string of the molecule is O=C(NCCN1CCOCC1)c1nn(C23CC4CC(CC(C4)C2)C3)cc1[N+](=O)[O-]. The first-order valence-electron chi connectivity index (χ1n) is 10.9. The first kappa shape index (κ1) is 19.0. The summed E-state index contributed by atoms with van der Waals surface area (Å²) in [5.74, 6) is 1.66. The molecule has 1 N–H and O–H groups in total. The van der Waals surface area contributed by atoms with Crippen LogP contribution in [-0.2, 0) is 10.3 Å². The maximum atomic E-state index is 12.7. The van der Waals surface area contributed by atoms with E-state index >= 15 is 0 Å². The van der Waals surface area contributed by atoms with Crippen molar-refractivity contribution in [1.29, 1.82) is 0 Å². The van der Waals surface area contributed by atoms with Crippen LogP contribution in [0.15, 0.2) is 6.20 Å². The summed E-state index contributed by atoms with van der Waals surface area (Å²) in [4.78, 5) is 26.1. The van der Waals surface area contributed by atoms with Gasteiger partial charge in [-0.1, -0.05) is 0 Å². The number of nitrogens with zero attached hydrogens (tertiary/aromatic N) is 4. The van der Waals surface area contributed by atoms with Gasteiger partial charge in [0.1, 0.15) is 6.20 Å². The van der Waals surface area contributed by atoms with Crippen LogP contribution < -0.4 is 5.32 Å². The quantitative estimate of drug-likeness (QED) is 0.574. The van der Waals surface area contributed by atoms with Crippen LogP contribution in [0.2, 0.25) is 0 Å². The number of amides is 1. The van der Waals surface area contributed by atoms with E-state index < -0.39 is 10.8 Å². The monoisotopic (exact) mass is 403 g/mol. The van der Waals surface area contributed by atoms with Gasteiger partial charge in [0.25, 0.3) is 5.91 Å². The average molecular weight is 403 g/mol. The average Bonchev–Trinajstić information content (AvgIpc) is 3.15. The van der Waals surface area contributed by atoms with Gasteiger partial charge in [0.2, 0.25) is 5.69 Å². The molecule has 9 heteroatoms. The smallest absolute Gasteiger partial charge is 0.320 e. The summed E-state index contributed by atoms with van der Waals surface area (Å²) in [5.41, 5.74) is -0.358. The van der Waals surface area contributed by atoms with Crippen molar-refractivity contribution in [1.82, 2.24) is 20.0 Å². The topological polar surface area (TPSA) is 103 Å². The van der Waals surface area contributed by atoms with E-state index in [2.05, 4.69) is 15.3 Å². The number of rotatable bonds is 6. The number of carbonyl (C=O) groups excluding carboxylic acids is 1. The van der Waals surface area contributed by atoms with E-state index in [-0.39, 0.29) is 16.9 Å². The summed E-state index contributed by atoms with van der Waals surface area (Å²) in [7, 11) is 0. The highest BCUT2D eigenvalue weighted by molar-refractivity contribution is 5.96. The second kappa shape index (κ2) is 7.36. The van der Waals surface area contributed by atoms with E-state index in [1.54, 1.807) is 4.68 Å². The Bertz CT molecular complexity index is 766. The summed E-state index contributed by atoms with van der Waals surface area (Å²) in [6, 6.07) is 0. The number of nitrogens with one attached hydrogen (secondary N) is 1. The highest BCUT2D eigenvalue weighted by Crippen LogP contribution is 2.58. The predicted molar refractivity (Wildman–Crippen MR) is 105 cm³/mol. The molecule has 0 spiro atoms. The molecule has 4 aliphatic carbocycles. The second-order valence-corrected chi connectivity index (χ2v) is 9.42. The number of hydrogen-bond acceptors (Lipinski definition) is 6. The first-order valence-corrected chi connectivity index (χ1v) is 10.9. The van der Waals surface area contributed by atoms with Gasteiger partial charge in [0.15, 0.2) is 0 Å². The van der Waals surface area contributed by atoms with Crippen LogP contribution in [0.3, 0.4) is 0 Å². The Morgan fingerprint density at radius 2 is 1.83 bits per heavy atom. The van der Waals surface area contributed by atoms with Gasteiger partial charge in [-0.3, -0.25) is 24.5 Å². The van der Waals surface area contributed by atoms with Crippen molar-refractivity contribution in [2.24, 2.45) is 17.8 Å². The normalized spacial score (nSPS) is 33.7. The molecule has 0 unspecified atom stereocenters. The lowest BCUT2D eigenvalue weighted by molar-refractivity contribution is -0.385. The molecule has 2 heterocycles. The van der Waals surface area contributed by atoms with Crippen molar-refractivity contribution in [2.75, 3.05) is 39.4 Å². The lowest BCUT2D eigenvalue weighted by atomic mass is 9.53.